The molecule has 1 aromatic heterocycles. The second-order valence-corrected chi connectivity index (χ2v) is 8.64. The summed E-state index contributed by atoms with van der Waals surface area (Å²) < 4.78 is 0. The molecule has 2 amide bonds. The van der Waals surface area contributed by atoms with Gasteiger partial charge in [-0.15, -0.1) is 5.10 Å². The summed E-state index contributed by atoms with van der Waals surface area (Å²) in [5.74, 6) is 1.06. The number of nitrogens with one attached hydrogen (secondary N) is 1. The van der Waals surface area contributed by atoms with Crippen LogP contribution in [0.15, 0.2) is 42.6 Å². The Morgan fingerprint density at radius 3 is 2.56 bits per heavy atom. The molecule has 32 heavy (non-hydrogen) atoms. The maximum Gasteiger partial charge on any atom is 0.251 e. The molecule has 2 aliphatic rings. The Morgan fingerprint density at radius 1 is 1.00 bits per heavy atom. The van der Waals surface area contributed by atoms with E-state index in [1.165, 1.54) is 0 Å². The van der Waals surface area contributed by atoms with Crippen molar-refractivity contribution in [2.45, 2.75) is 32.2 Å². The van der Waals surface area contributed by atoms with E-state index < -0.39 is 0 Å². The first-order chi connectivity index (χ1) is 15.6. The summed E-state index contributed by atoms with van der Waals surface area (Å²) in [6.45, 7) is 7.30. The third-order valence-electron chi connectivity index (χ3n) is 6.40. The summed E-state index contributed by atoms with van der Waals surface area (Å²) in [5.41, 5.74) is 1.70. The van der Waals surface area contributed by atoms with E-state index in [1.807, 2.05) is 48.2 Å². The zero-order valence-electron chi connectivity index (χ0n) is 18.7. The molecule has 0 spiro atoms. The van der Waals surface area contributed by atoms with E-state index in [1.54, 1.807) is 6.20 Å². The molecule has 0 radical (unpaired) electrons. The minimum absolute atomic E-state index is 0.0231. The number of benzene rings is 1. The van der Waals surface area contributed by atoms with Gasteiger partial charge in [-0.05, 0) is 49.9 Å². The average molecular weight is 437 g/mol. The predicted molar refractivity (Wildman–Crippen MR) is 124 cm³/mol. The smallest absolute Gasteiger partial charge is 0.251 e. The minimum Gasteiger partial charge on any atom is -0.354 e. The van der Waals surface area contributed by atoms with Crippen molar-refractivity contribution in [3.05, 3.63) is 53.7 Å². The first kappa shape index (κ1) is 22.2. The first-order valence-corrected chi connectivity index (χ1v) is 11.5. The number of likely N-dealkylation sites (tertiary alicyclic amines) is 1. The van der Waals surface area contributed by atoms with Crippen LogP contribution in [0.1, 0.15) is 35.2 Å². The van der Waals surface area contributed by atoms with Gasteiger partial charge in [-0.25, -0.2) is 0 Å². The highest BCUT2D eigenvalue weighted by Gasteiger charge is 2.26. The van der Waals surface area contributed by atoms with Crippen molar-refractivity contribution in [2.24, 2.45) is 0 Å². The Hall–Kier alpha value is -3.00. The molecular weight excluding hydrogens is 404 g/mol. The number of hydrogen-bond donors (Lipinski definition) is 1. The van der Waals surface area contributed by atoms with E-state index in [2.05, 4.69) is 25.3 Å². The second kappa shape index (κ2) is 10.5. The Morgan fingerprint density at radius 2 is 1.81 bits per heavy atom. The SMILES string of the molecule is Cc1ccccc1C(=O)NC1CCN(C(=O)CN2CCCN(c3cccnn3)CC2)CC1. The van der Waals surface area contributed by atoms with Gasteiger partial charge in [0.15, 0.2) is 5.82 Å². The lowest BCUT2D eigenvalue weighted by atomic mass is 10.0. The van der Waals surface area contributed by atoms with E-state index >= 15 is 0 Å². The van der Waals surface area contributed by atoms with Crippen LogP contribution in [-0.4, -0.2) is 83.7 Å². The summed E-state index contributed by atoms with van der Waals surface area (Å²) in [6, 6.07) is 11.6. The van der Waals surface area contributed by atoms with Crippen molar-refractivity contribution < 1.29 is 9.59 Å². The Bertz CT molecular complexity index is 914. The van der Waals surface area contributed by atoms with Gasteiger partial charge < -0.3 is 15.1 Å². The monoisotopic (exact) mass is 436 g/mol. The van der Waals surface area contributed by atoms with Gasteiger partial charge in [0.05, 0.1) is 6.54 Å². The second-order valence-electron chi connectivity index (χ2n) is 8.64. The van der Waals surface area contributed by atoms with Gasteiger partial charge in [-0.3, -0.25) is 14.5 Å². The van der Waals surface area contributed by atoms with Crippen molar-refractivity contribution in [2.75, 3.05) is 50.7 Å². The zero-order valence-corrected chi connectivity index (χ0v) is 18.7. The summed E-state index contributed by atoms with van der Waals surface area (Å²) in [7, 11) is 0. The van der Waals surface area contributed by atoms with Crippen molar-refractivity contribution >= 4 is 17.6 Å². The van der Waals surface area contributed by atoms with Crippen molar-refractivity contribution in [1.82, 2.24) is 25.3 Å². The maximum absolute atomic E-state index is 12.9. The van der Waals surface area contributed by atoms with E-state index in [0.29, 0.717) is 19.6 Å². The van der Waals surface area contributed by atoms with Crippen LogP contribution in [0.4, 0.5) is 5.82 Å². The predicted octanol–water partition coefficient (Wildman–Crippen LogP) is 1.72. The molecule has 4 rings (SSSR count). The molecular formula is C24H32N6O2. The highest BCUT2D eigenvalue weighted by Crippen LogP contribution is 2.15. The zero-order chi connectivity index (χ0) is 22.3. The van der Waals surface area contributed by atoms with Crippen molar-refractivity contribution in [3.8, 4) is 0 Å². The highest BCUT2D eigenvalue weighted by molar-refractivity contribution is 5.95. The minimum atomic E-state index is -0.0231. The van der Waals surface area contributed by atoms with E-state index in [9.17, 15) is 9.59 Å². The number of hydrogen-bond acceptors (Lipinski definition) is 6. The normalized spacial score (nSPS) is 18.3. The molecule has 2 saturated heterocycles. The van der Waals surface area contributed by atoms with Gasteiger partial charge in [0.25, 0.3) is 5.91 Å². The number of nitrogens with zero attached hydrogens (tertiary/aromatic N) is 5. The maximum atomic E-state index is 12.9. The molecule has 0 atom stereocenters. The van der Waals surface area contributed by atoms with Crippen LogP contribution in [0.5, 0.6) is 0 Å². The molecule has 8 heteroatoms. The molecule has 3 heterocycles. The summed E-state index contributed by atoms with van der Waals surface area (Å²) in [5, 5.41) is 11.3. The fourth-order valence-electron chi connectivity index (χ4n) is 4.48. The lowest BCUT2D eigenvalue weighted by Gasteiger charge is -2.34. The number of aromatic nitrogens is 2. The molecule has 0 unspecified atom stereocenters. The van der Waals surface area contributed by atoms with Crippen LogP contribution in [0.2, 0.25) is 0 Å². The lowest BCUT2D eigenvalue weighted by Crippen LogP contribution is -2.49. The first-order valence-electron chi connectivity index (χ1n) is 11.5. The molecule has 8 nitrogen and oxygen atoms in total. The molecule has 2 aromatic rings. The van der Waals surface area contributed by atoms with Gasteiger partial charge >= 0.3 is 0 Å². The molecule has 170 valence electrons. The molecule has 0 saturated carbocycles. The fourth-order valence-corrected chi connectivity index (χ4v) is 4.48. The number of amides is 2. The van der Waals surface area contributed by atoms with E-state index in [4.69, 9.17) is 0 Å². The number of aryl methyl sites for hydroxylation is 1. The lowest BCUT2D eigenvalue weighted by molar-refractivity contribution is -0.133. The van der Waals surface area contributed by atoms with Gasteiger partial charge in [0.2, 0.25) is 5.91 Å². The summed E-state index contributed by atoms with van der Waals surface area (Å²) >= 11 is 0. The fraction of sp³-hybridized carbons (Fsp3) is 0.500. The van der Waals surface area contributed by atoms with Crippen LogP contribution in [-0.2, 0) is 4.79 Å². The van der Waals surface area contributed by atoms with Crippen LogP contribution >= 0.6 is 0 Å². The molecule has 0 aliphatic carbocycles. The van der Waals surface area contributed by atoms with E-state index in [0.717, 1.165) is 62.4 Å². The van der Waals surface area contributed by atoms with Crippen LogP contribution in [0, 0.1) is 6.92 Å². The highest BCUT2D eigenvalue weighted by atomic mass is 16.2. The molecule has 2 aliphatic heterocycles. The number of anilines is 1. The van der Waals surface area contributed by atoms with Crippen LogP contribution in [0.3, 0.4) is 0 Å². The van der Waals surface area contributed by atoms with Gasteiger partial charge in [-0.2, -0.15) is 5.10 Å². The van der Waals surface area contributed by atoms with Gasteiger partial charge in [-0.1, -0.05) is 18.2 Å². The molecule has 0 bridgehead atoms. The summed E-state index contributed by atoms with van der Waals surface area (Å²) in [4.78, 5) is 31.9. The third kappa shape index (κ3) is 5.62. The van der Waals surface area contributed by atoms with E-state index in [-0.39, 0.29) is 17.9 Å². The topological polar surface area (TPSA) is 81.7 Å². The Labute approximate surface area is 189 Å². The average Bonchev–Trinajstić information content (AvgIpc) is 3.06. The van der Waals surface area contributed by atoms with Crippen LogP contribution < -0.4 is 10.2 Å². The number of carbonyl (C=O) groups is 2. The Balaban J connectivity index is 1.22. The largest absolute Gasteiger partial charge is 0.354 e. The molecule has 1 aromatic carbocycles. The molecule has 1 N–H and O–H groups in total. The summed E-state index contributed by atoms with van der Waals surface area (Å²) in [6.07, 6.45) is 4.27. The van der Waals surface area contributed by atoms with Gasteiger partial charge in [0.1, 0.15) is 0 Å². The number of piperidine rings is 1. The standard InChI is InChI=1S/C24H32N6O2/c1-19-6-2-3-7-21(19)24(32)26-20-9-14-30(15-10-20)23(31)18-28-12-5-13-29(17-16-28)22-8-4-11-25-27-22/h2-4,6-8,11,20H,5,9-10,12-18H2,1H3,(H,26,32). The quantitative estimate of drug-likeness (QED) is 0.769. The number of rotatable bonds is 5. The molecule has 2 fully saturated rings. The van der Waals surface area contributed by atoms with Gasteiger partial charge in [0, 0.05) is 57.1 Å². The van der Waals surface area contributed by atoms with Crippen LogP contribution in [0.25, 0.3) is 0 Å². The Kier molecular flexibility index (Phi) is 7.32. The number of carbonyl (C=O) groups excluding carboxylic acids is 2. The van der Waals surface area contributed by atoms with Crippen molar-refractivity contribution in [1.29, 1.82) is 0 Å². The van der Waals surface area contributed by atoms with Crippen molar-refractivity contribution in [3.63, 3.8) is 0 Å². The third-order valence-corrected chi connectivity index (χ3v) is 6.40.